The average Bonchev–Trinajstić information content (AvgIpc) is 2.91. The molecule has 0 saturated carbocycles. The zero-order valence-corrected chi connectivity index (χ0v) is 15.7. The van der Waals surface area contributed by atoms with Crippen LogP contribution in [0.2, 0.25) is 0 Å². The molecule has 1 aliphatic rings. The molecule has 1 aromatic heterocycles. The SMILES string of the molecule is COCCC1(NS(C)(=O)=O)CCN(S(=O)(=O)c2cn(C)cn2)CC1. The largest absolute Gasteiger partial charge is 0.385 e. The van der Waals surface area contributed by atoms with Crippen molar-refractivity contribution >= 4 is 20.0 Å². The van der Waals surface area contributed by atoms with Crippen LogP contribution in [0.4, 0.5) is 0 Å². The number of rotatable bonds is 7. The zero-order valence-electron chi connectivity index (χ0n) is 14.1. The van der Waals surface area contributed by atoms with Gasteiger partial charge in [0.1, 0.15) is 0 Å². The summed E-state index contributed by atoms with van der Waals surface area (Å²) in [4.78, 5) is 3.91. The lowest BCUT2D eigenvalue weighted by atomic mass is 9.86. The van der Waals surface area contributed by atoms with Crippen molar-refractivity contribution in [2.24, 2.45) is 7.05 Å². The number of nitrogens with one attached hydrogen (secondary N) is 1. The maximum Gasteiger partial charge on any atom is 0.262 e. The van der Waals surface area contributed by atoms with Gasteiger partial charge in [-0.05, 0) is 19.3 Å². The highest BCUT2D eigenvalue weighted by Gasteiger charge is 2.40. The predicted octanol–water partition coefficient (Wildman–Crippen LogP) is -0.471. The third-order valence-electron chi connectivity index (χ3n) is 4.15. The molecule has 0 amide bonds. The molecule has 1 N–H and O–H groups in total. The minimum atomic E-state index is -3.66. The molecule has 1 aliphatic heterocycles. The van der Waals surface area contributed by atoms with E-state index in [1.165, 1.54) is 16.8 Å². The second-order valence-electron chi connectivity index (χ2n) is 6.18. The van der Waals surface area contributed by atoms with E-state index in [2.05, 4.69) is 9.71 Å². The first-order valence-electron chi connectivity index (χ1n) is 7.54. The highest BCUT2D eigenvalue weighted by Crippen LogP contribution is 2.29. The van der Waals surface area contributed by atoms with Gasteiger partial charge in [-0.25, -0.2) is 26.5 Å². The van der Waals surface area contributed by atoms with Crippen LogP contribution in [0.25, 0.3) is 0 Å². The van der Waals surface area contributed by atoms with Gasteiger partial charge in [-0.1, -0.05) is 0 Å². The van der Waals surface area contributed by atoms with Crippen LogP contribution in [0.5, 0.6) is 0 Å². The Bertz CT molecular complexity index is 764. The summed E-state index contributed by atoms with van der Waals surface area (Å²) in [5, 5.41) is 0.00506. The zero-order chi connectivity index (χ0) is 18.0. The molecule has 1 fully saturated rings. The number of nitrogens with zero attached hydrogens (tertiary/aromatic N) is 3. The Kier molecular flexibility index (Phi) is 5.70. The number of sulfonamides is 2. The van der Waals surface area contributed by atoms with Crippen molar-refractivity contribution in [2.45, 2.75) is 29.8 Å². The third kappa shape index (κ3) is 4.54. The van der Waals surface area contributed by atoms with Crippen molar-refractivity contribution in [3.05, 3.63) is 12.5 Å². The molecule has 1 aromatic rings. The molecular weight excluding hydrogens is 356 g/mol. The molecule has 0 aromatic carbocycles. The topological polar surface area (TPSA) is 111 Å². The van der Waals surface area contributed by atoms with Gasteiger partial charge in [0, 0.05) is 45.6 Å². The quantitative estimate of drug-likeness (QED) is 0.685. The first kappa shape index (κ1) is 19.3. The van der Waals surface area contributed by atoms with Gasteiger partial charge in [-0.2, -0.15) is 4.31 Å². The Morgan fingerprint density at radius 1 is 1.29 bits per heavy atom. The molecule has 0 radical (unpaired) electrons. The van der Waals surface area contributed by atoms with Crippen LogP contribution in [0.1, 0.15) is 19.3 Å². The maximum atomic E-state index is 12.6. The maximum absolute atomic E-state index is 12.6. The molecule has 2 heterocycles. The van der Waals surface area contributed by atoms with Crippen molar-refractivity contribution in [1.82, 2.24) is 18.6 Å². The van der Waals surface area contributed by atoms with Gasteiger partial charge in [0.25, 0.3) is 10.0 Å². The summed E-state index contributed by atoms with van der Waals surface area (Å²) < 4.78 is 59.2. The molecule has 0 unspecified atom stereocenters. The molecule has 9 nitrogen and oxygen atoms in total. The van der Waals surface area contributed by atoms with Crippen molar-refractivity contribution < 1.29 is 21.6 Å². The van der Waals surface area contributed by atoms with Crippen molar-refractivity contribution in [2.75, 3.05) is 33.1 Å². The molecule has 24 heavy (non-hydrogen) atoms. The van der Waals surface area contributed by atoms with E-state index in [0.717, 1.165) is 6.26 Å². The lowest BCUT2D eigenvalue weighted by Crippen LogP contribution is -2.56. The number of methoxy groups -OCH3 is 1. The van der Waals surface area contributed by atoms with E-state index in [1.54, 1.807) is 18.7 Å². The average molecular weight is 380 g/mol. The predicted molar refractivity (Wildman–Crippen MR) is 88.4 cm³/mol. The van der Waals surface area contributed by atoms with E-state index in [0.29, 0.717) is 25.9 Å². The van der Waals surface area contributed by atoms with Gasteiger partial charge < -0.3 is 9.30 Å². The number of hydrogen-bond acceptors (Lipinski definition) is 6. The molecule has 0 bridgehead atoms. The number of ether oxygens (including phenoxy) is 1. The van der Waals surface area contributed by atoms with E-state index < -0.39 is 25.6 Å². The molecule has 2 rings (SSSR count). The summed E-state index contributed by atoms with van der Waals surface area (Å²) in [6.45, 7) is 0.853. The summed E-state index contributed by atoms with van der Waals surface area (Å²) in [6.07, 6.45) is 5.26. The summed E-state index contributed by atoms with van der Waals surface area (Å²) in [5.74, 6) is 0. The second kappa shape index (κ2) is 7.08. The Hall–Kier alpha value is -1.01. The molecular formula is C13H24N4O5S2. The standard InChI is InChI=1S/C13H24N4O5S2/c1-16-10-12(14-11-16)24(20,21)17-7-4-13(5-8-17,6-9-22-2)15-23(3,18)19/h10-11,15H,4-9H2,1-3H3. The van der Waals surface area contributed by atoms with Gasteiger partial charge in [0.2, 0.25) is 10.0 Å². The van der Waals surface area contributed by atoms with Crippen LogP contribution < -0.4 is 4.72 Å². The van der Waals surface area contributed by atoms with E-state index in [-0.39, 0.29) is 18.1 Å². The van der Waals surface area contributed by atoms with E-state index >= 15 is 0 Å². The lowest BCUT2D eigenvalue weighted by molar-refractivity contribution is 0.132. The van der Waals surface area contributed by atoms with Gasteiger partial charge in [-0.3, -0.25) is 0 Å². The second-order valence-corrected chi connectivity index (χ2v) is 9.81. The van der Waals surface area contributed by atoms with Crippen LogP contribution in [-0.2, 0) is 31.8 Å². The van der Waals surface area contributed by atoms with Gasteiger partial charge in [0.05, 0.1) is 12.6 Å². The van der Waals surface area contributed by atoms with Gasteiger partial charge in [0.15, 0.2) is 5.03 Å². The summed E-state index contributed by atoms with van der Waals surface area (Å²) in [6, 6.07) is 0. The smallest absolute Gasteiger partial charge is 0.262 e. The number of imidazole rings is 1. The van der Waals surface area contributed by atoms with Crippen LogP contribution in [0.15, 0.2) is 17.6 Å². The third-order valence-corrected chi connectivity index (χ3v) is 6.74. The molecule has 138 valence electrons. The van der Waals surface area contributed by atoms with Crippen LogP contribution >= 0.6 is 0 Å². The number of aryl methyl sites for hydroxylation is 1. The number of aromatic nitrogens is 2. The fourth-order valence-corrected chi connectivity index (χ4v) is 5.40. The number of hydrogen-bond donors (Lipinski definition) is 1. The minimum Gasteiger partial charge on any atom is -0.385 e. The summed E-state index contributed by atoms with van der Waals surface area (Å²) >= 11 is 0. The first-order chi connectivity index (χ1) is 11.1. The van der Waals surface area contributed by atoms with Crippen molar-refractivity contribution in [3.63, 3.8) is 0 Å². The Balaban J connectivity index is 2.14. The first-order valence-corrected chi connectivity index (χ1v) is 10.9. The Morgan fingerprint density at radius 3 is 2.38 bits per heavy atom. The summed E-state index contributed by atoms with van der Waals surface area (Å²) in [5.41, 5.74) is -0.681. The normalized spacial score (nSPS) is 19.5. The van der Waals surface area contributed by atoms with E-state index in [4.69, 9.17) is 4.74 Å². The molecule has 11 heteroatoms. The molecule has 0 atom stereocenters. The van der Waals surface area contributed by atoms with Gasteiger partial charge in [-0.15, -0.1) is 0 Å². The number of piperidine rings is 1. The van der Waals surface area contributed by atoms with Crippen LogP contribution in [0, 0.1) is 0 Å². The van der Waals surface area contributed by atoms with Gasteiger partial charge >= 0.3 is 0 Å². The fourth-order valence-electron chi connectivity index (χ4n) is 2.90. The van der Waals surface area contributed by atoms with E-state index in [9.17, 15) is 16.8 Å². The van der Waals surface area contributed by atoms with Crippen LogP contribution in [-0.4, -0.2) is 69.3 Å². The fraction of sp³-hybridized carbons (Fsp3) is 0.769. The van der Waals surface area contributed by atoms with E-state index in [1.807, 2.05) is 0 Å². The summed E-state index contributed by atoms with van der Waals surface area (Å²) in [7, 11) is -3.81. The Labute approximate surface area is 143 Å². The van der Waals surface area contributed by atoms with Crippen LogP contribution in [0.3, 0.4) is 0 Å². The molecule has 1 saturated heterocycles. The Morgan fingerprint density at radius 2 is 1.92 bits per heavy atom. The van der Waals surface area contributed by atoms with Crippen molar-refractivity contribution in [3.8, 4) is 0 Å². The van der Waals surface area contributed by atoms with Crippen molar-refractivity contribution in [1.29, 1.82) is 0 Å². The highest BCUT2D eigenvalue weighted by atomic mass is 32.2. The minimum absolute atomic E-state index is 0.00506. The monoisotopic (exact) mass is 380 g/mol. The molecule has 0 aliphatic carbocycles. The lowest BCUT2D eigenvalue weighted by Gasteiger charge is -2.41. The highest BCUT2D eigenvalue weighted by molar-refractivity contribution is 7.89. The molecule has 0 spiro atoms.